The van der Waals surface area contributed by atoms with Crippen molar-refractivity contribution in [2.24, 2.45) is 0 Å². The molecule has 0 saturated carbocycles. The number of rotatable bonds is 8. The van der Waals surface area contributed by atoms with Crippen LogP contribution in [0.15, 0.2) is 364 Å². The minimum absolute atomic E-state index is 0.528. The van der Waals surface area contributed by atoms with Crippen molar-refractivity contribution < 1.29 is 0 Å². The van der Waals surface area contributed by atoms with E-state index in [1.165, 1.54) is 0 Å². The van der Waals surface area contributed by atoms with E-state index in [-0.39, 0.29) is 0 Å². The van der Waals surface area contributed by atoms with Crippen molar-refractivity contribution >= 4 is 196 Å². The lowest BCUT2D eigenvalue weighted by Crippen LogP contribution is -2.00. The summed E-state index contributed by atoms with van der Waals surface area (Å²) in [7, 11) is 0. The van der Waals surface area contributed by atoms with Crippen molar-refractivity contribution in [1.82, 2.24) is 38.2 Å². The Morgan fingerprint density at radius 2 is 0.478 bits per heavy atom. The van der Waals surface area contributed by atoms with Crippen molar-refractivity contribution in [1.29, 1.82) is 21.0 Å². The second-order valence-electron chi connectivity index (χ2n) is 33.9. The van der Waals surface area contributed by atoms with E-state index in [1.54, 1.807) is 0 Å². The SMILES string of the molecule is [C-]#[N+]c1ccc2c(c1)c1cc(C#N)ccc1n2-c1ccc2c(-c3ccc4ccccc4n3)c3cc(-n4c5ccc(C#N)cc5c5cc([N+]#[C-])ccc54)ccc3c(-c3ccc4ccccc4n3)c2c1.[C-]#[N+]c1ccc2c(c1)c1cc(C#N)ccc1n2-c1ccc2c(-c3nccc4ccccc34)c3cc(-n4c5ccc(C#N)cc5c5cc([N+]#[C-])ccc54)ccc3c(-c3nccc4ccccc34)c2c1. The van der Waals surface area contributed by atoms with Gasteiger partial charge in [0.15, 0.2) is 22.7 Å². The zero-order chi connectivity index (χ0) is 91.2. The molecule has 136 heavy (non-hydrogen) atoms. The molecule has 26 aromatic rings. The van der Waals surface area contributed by atoms with E-state index >= 15 is 0 Å². The third kappa shape index (κ3) is 12.1. The molecule has 8 heterocycles. The first kappa shape index (κ1) is 78.1. The zero-order valence-electron chi connectivity index (χ0n) is 71.8. The summed E-state index contributed by atoms with van der Waals surface area (Å²) in [5.74, 6) is 0. The Labute approximate surface area is 774 Å². The summed E-state index contributed by atoms with van der Waals surface area (Å²) in [5, 5.41) is 61.1. The third-order valence-corrected chi connectivity index (χ3v) is 26.8. The highest BCUT2D eigenvalue weighted by atomic mass is 15.0. The van der Waals surface area contributed by atoms with Gasteiger partial charge in [0.05, 0.1) is 151 Å². The fraction of sp³-hybridized carbons (Fsp3) is 0. The molecule has 0 saturated heterocycles. The number of benzene rings is 18. The molecule has 0 bridgehead atoms. The molecule has 0 aliphatic heterocycles. The van der Waals surface area contributed by atoms with Crippen LogP contribution < -0.4 is 0 Å². The average Bonchev–Trinajstić information content (AvgIpc) is 1.33. The third-order valence-electron chi connectivity index (χ3n) is 26.8. The highest BCUT2D eigenvalue weighted by Crippen LogP contribution is 2.52. The molecule has 16 nitrogen and oxygen atoms in total. The molecule has 18 aromatic carbocycles. The molecule has 0 unspecified atom stereocenters. The minimum Gasteiger partial charge on any atom is -0.309 e. The van der Waals surface area contributed by atoms with E-state index in [4.69, 9.17) is 46.2 Å². The number of para-hydroxylation sites is 2. The van der Waals surface area contributed by atoms with Crippen molar-refractivity contribution in [3.05, 3.63) is 432 Å². The van der Waals surface area contributed by atoms with Crippen molar-refractivity contribution in [2.45, 2.75) is 0 Å². The molecule has 26 rings (SSSR count). The molecular formula is C120H60N16. The maximum atomic E-state index is 9.96. The molecule has 0 spiro atoms. The van der Waals surface area contributed by atoms with Gasteiger partial charge in [0.25, 0.3) is 0 Å². The number of fused-ring (bicyclic) bond motifs is 20. The van der Waals surface area contributed by atoms with Crippen LogP contribution in [0.4, 0.5) is 22.7 Å². The number of nitrogens with zero attached hydrogens (tertiary/aromatic N) is 16. The maximum Gasteiger partial charge on any atom is 0.188 e. The lowest BCUT2D eigenvalue weighted by atomic mass is 9.86. The van der Waals surface area contributed by atoms with Crippen LogP contribution >= 0.6 is 0 Å². The van der Waals surface area contributed by atoms with Gasteiger partial charge in [-0.1, -0.05) is 146 Å². The molecule has 0 N–H and O–H groups in total. The normalized spacial score (nSPS) is 11.5. The van der Waals surface area contributed by atoms with E-state index < -0.39 is 0 Å². The molecule has 620 valence electrons. The number of hydrogen-bond donors (Lipinski definition) is 0. The van der Waals surface area contributed by atoms with Crippen LogP contribution in [0.5, 0.6) is 0 Å². The van der Waals surface area contributed by atoms with Crippen LogP contribution in [0.25, 0.3) is 261 Å². The van der Waals surface area contributed by atoms with E-state index in [9.17, 15) is 21.0 Å². The van der Waals surface area contributed by atoms with Crippen molar-refractivity contribution in [3.63, 3.8) is 0 Å². The van der Waals surface area contributed by atoms with Crippen molar-refractivity contribution in [3.8, 4) is 92.1 Å². The minimum atomic E-state index is 0.528. The number of aromatic nitrogens is 8. The Kier molecular flexibility index (Phi) is 17.6. The average molecular weight is 1730 g/mol. The molecule has 0 atom stereocenters. The first-order chi connectivity index (χ1) is 67.0. The summed E-state index contributed by atoms with van der Waals surface area (Å²) in [6, 6.07) is 127. The summed E-state index contributed by atoms with van der Waals surface area (Å²) in [5.41, 5.74) is 24.3. The molecule has 0 aliphatic rings. The van der Waals surface area contributed by atoms with Crippen LogP contribution in [-0.4, -0.2) is 38.2 Å². The van der Waals surface area contributed by atoms with Gasteiger partial charge in [-0.2, -0.15) is 21.0 Å². The molecule has 0 fully saturated rings. The molecule has 16 heteroatoms. The first-order valence-corrected chi connectivity index (χ1v) is 44.0. The standard InChI is InChI=1S/2C60H30N8/c1-63-39-15-25-57-47(29-39)45-27-35(33-61)11-23-55(45)67(57)41-17-19-43-49(31-41)59(53-21-13-37-7-3-5-9-51(37)65-53)44-20-18-42(32-50(44)60(43)54-22-14-38-8-4-6-10-52(38)66-54)68-56-24-12-36(34-62)28-46(56)48-30-40(64-2)16-26-58(48)68;1-63-39-13-21-55-49(29-39)47-27-35(33-61)11-19-53(47)67(55)41-15-17-45-51(31-41)57(59-43-9-5-3-7-37(43)23-25-65-59)46-18-16-42(32-52(46)58(45)60-44-10-6-4-8-38(44)24-26-66-60)68-54-20-12-36(34-62)28-48(54)50-30-40(64-2)14-22-56(50)68/h2*3-32H. The van der Waals surface area contributed by atoms with Gasteiger partial charge in [-0.15, -0.1) is 0 Å². The summed E-state index contributed by atoms with van der Waals surface area (Å²) < 4.78 is 8.89. The molecule has 0 aliphatic carbocycles. The van der Waals surface area contributed by atoms with Gasteiger partial charge in [-0.25, -0.2) is 29.3 Å². The Bertz CT molecular complexity index is 9420. The van der Waals surface area contributed by atoms with Gasteiger partial charge in [-0.05, 0) is 282 Å². The largest absolute Gasteiger partial charge is 0.309 e. The van der Waals surface area contributed by atoms with Gasteiger partial charge in [0.2, 0.25) is 0 Å². The van der Waals surface area contributed by atoms with Gasteiger partial charge in [0, 0.05) is 100 Å². The quantitative estimate of drug-likeness (QED) is 0.106. The first-order valence-electron chi connectivity index (χ1n) is 44.0. The smallest absolute Gasteiger partial charge is 0.188 e. The Morgan fingerprint density at radius 3 is 0.779 bits per heavy atom. The lowest BCUT2D eigenvalue weighted by molar-refractivity contribution is 1.18. The van der Waals surface area contributed by atoms with E-state index in [2.05, 4.69) is 208 Å². The fourth-order valence-corrected chi connectivity index (χ4v) is 20.8. The van der Waals surface area contributed by atoms with Crippen LogP contribution in [-0.2, 0) is 0 Å². The topological polar surface area (TPSA) is 184 Å². The van der Waals surface area contributed by atoms with Crippen LogP contribution in [0.3, 0.4) is 0 Å². The second-order valence-corrected chi connectivity index (χ2v) is 33.9. The number of nitriles is 4. The predicted octanol–water partition coefficient (Wildman–Crippen LogP) is 30.9. The number of pyridine rings is 4. The summed E-state index contributed by atoms with van der Waals surface area (Å²) in [6.07, 6.45) is 3.76. The molecule has 8 aromatic heterocycles. The monoisotopic (exact) mass is 1720 g/mol. The summed E-state index contributed by atoms with van der Waals surface area (Å²) in [6.45, 7) is 31.3. The van der Waals surface area contributed by atoms with Gasteiger partial charge in [-0.3, -0.25) is 9.97 Å². The van der Waals surface area contributed by atoms with E-state index in [0.29, 0.717) is 45.0 Å². The van der Waals surface area contributed by atoms with Crippen LogP contribution in [0.2, 0.25) is 0 Å². The van der Waals surface area contributed by atoms with Gasteiger partial charge in [0.1, 0.15) is 0 Å². The fourth-order valence-electron chi connectivity index (χ4n) is 20.8. The van der Waals surface area contributed by atoms with Crippen LogP contribution in [0.1, 0.15) is 22.3 Å². The Morgan fingerprint density at radius 1 is 0.213 bits per heavy atom. The molecule has 0 radical (unpaired) electrons. The Balaban J connectivity index is 0.000000145. The second kappa shape index (κ2) is 30.8. The van der Waals surface area contributed by atoms with Crippen LogP contribution in [0, 0.1) is 71.6 Å². The highest BCUT2D eigenvalue weighted by Gasteiger charge is 2.29. The lowest BCUT2D eigenvalue weighted by Gasteiger charge is -2.21. The predicted molar refractivity (Wildman–Crippen MR) is 547 cm³/mol. The van der Waals surface area contributed by atoms with Gasteiger partial charge < -0.3 is 18.3 Å². The molecular weight excluding hydrogens is 1670 g/mol. The van der Waals surface area contributed by atoms with E-state index in [1.807, 2.05) is 219 Å². The summed E-state index contributed by atoms with van der Waals surface area (Å²) in [4.78, 5) is 36.2. The summed E-state index contributed by atoms with van der Waals surface area (Å²) >= 11 is 0. The zero-order valence-corrected chi connectivity index (χ0v) is 71.8. The van der Waals surface area contributed by atoms with E-state index in [0.717, 1.165) is 241 Å². The molecule has 0 amide bonds. The maximum absolute atomic E-state index is 9.96. The highest BCUT2D eigenvalue weighted by molar-refractivity contribution is 6.27. The van der Waals surface area contributed by atoms with Gasteiger partial charge >= 0.3 is 0 Å². The van der Waals surface area contributed by atoms with Crippen molar-refractivity contribution in [2.75, 3.05) is 0 Å². The number of hydrogen-bond acceptors (Lipinski definition) is 8. The Hall–Kier alpha value is -20.2.